The van der Waals surface area contributed by atoms with Gasteiger partial charge in [-0.15, -0.1) is 0 Å². The minimum Gasteiger partial charge on any atom is -0.312 e. The van der Waals surface area contributed by atoms with Crippen LogP contribution in [0.15, 0.2) is 12.3 Å². The van der Waals surface area contributed by atoms with E-state index < -0.39 is 0 Å². The molecule has 0 radical (unpaired) electrons. The van der Waals surface area contributed by atoms with Gasteiger partial charge in [-0.2, -0.15) is 5.10 Å². The lowest BCUT2D eigenvalue weighted by atomic mass is 9.76. The number of hydrogen-bond acceptors (Lipinski definition) is 3. The number of fused-ring (bicyclic) bond motifs is 1. The van der Waals surface area contributed by atoms with Crippen LogP contribution in [0.25, 0.3) is 11.0 Å². The average molecular weight is 286 g/mol. The number of hydrogen-bond donors (Lipinski definition) is 1. The molecule has 2 aromatic heterocycles. The molecule has 1 saturated carbocycles. The SMILES string of the molecule is Cc1nn(C)c2ncc(CNCC3(C)CCCCC3)cc12. The van der Waals surface area contributed by atoms with Gasteiger partial charge in [0.25, 0.3) is 0 Å². The molecule has 0 atom stereocenters. The summed E-state index contributed by atoms with van der Waals surface area (Å²) in [5, 5.41) is 9.23. The Kier molecular flexibility index (Phi) is 3.98. The van der Waals surface area contributed by atoms with Gasteiger partial charge in [-0.1, -0.05) is 26.2 Å². The third kappa shape index (κ3) is 3.10. The van der Waals surface area contributed by atoms with Gasteiger partial charge in [-0.3, -0.25) is 4.68 Å². The van der Waals surface area contributed by atoms with Crippen molar-refractivity contribution in [2.45, 2.75) is 52.5 Å². The molecule has 0 unspecified atom stereocenters. The number of nitrogens with zero attached hydrogens (tertiary/aromatic N) is 3. The van der Waals surface area contributed by atoms with Crippen LogP contribution >= 0.6 is 0 Å². The molecule has 2 heterocycles. The predicted molar refractivity (Wildman–Crippen MR) is 86.1 cm³/mol. The van der Waals surface area contributed by atoms with Crippen molar-refractivity contribution in [3.8, 4) is 0 Å². The van der Waals surface area contributed by atoms with E-state index in [1.54, 1.807) is 0 Å². The van der Waals surface area contributed by atoms with Gasteiger partial charge in [-0.25, -0.2) is 4.98 Å². The third-order valence-electron chi connectivity index (χ3n) is 4.86. The van der Waals surface area contributed by atoms with E-state index in [0.29, 0.717) is 5.41 Å². The molecule has 4 nitrogen and oxygen atoms in total. The van der Waals surface area contributed by atoms with Gasteiger partial charge >= 0.3 is 0 Å². The monoisotopic (exact) mass is 286 g/mol. The zero-order chi connectivity index (χ0) is 14.9. The molecule has 114 valence electrons. The zero-order valence-electron chi connectivity index (χ0n) is 13.4. The lowest BCUT2D eigenvalue weighted by Gasteiger charge is -2.33. The van der Waals surface area contributed by atoms with Crippen LogP contribution < -0.4 is 5.32 Å². The largest absolute Gasteiger partial charge is 0.312 e. The van der Waals surface area contributed by atoms with E-state index in [1.807, 2.05) is 24.9 Å². The Bertz CT molecular complexity index is 623. The summed E-state index contributed by atoms with van der Waals surface area (Å²) < 4.78 is 1.85. The van der Waals surface area contributed by atoms with Crippen LogP contribution in [0.3, 0.4) is 0 Å². The molecule has 0 spiro atoms. The van der Waals surface area contributed by atoms with Crippen molar-refractivity contribution in [1.82, 2.24) is 20.1 Å². The van der Waals surface area contributed by atoms with E-state index in [0.717, 1.165) is 24.4 Å². The van der Waals surface area contributed by atoms with Crippen molar-refractivity contribution >= 4 is 11.0 Å². The zero-order valence-corrected chi connectivity index (χ0v) is 13.4. The van der Waals surface area contributed by atoms with E-state index >= 15 is 0 Å². The summed E-state index contributed by atoms with van der Waals surface area (Å²) in [4.78, 5) is 4.54. The van der Waals surface area contributed by atoms with Crippen LogP contribution in [0.4, 0.5) is 0 Å². The second-order valence-electron chi connectivity index (χ2n) is 6.90. The maximum absolute atomic E-state index is 4.54. The molecule has 4 heteroatoms. The highest BCUT2D eigenvalue weighted by Gasteiger charge is 2.25. The number of aryl methyl sites for hydroxylation is 2. The fourth-order valence-electron chi connectivity index (χ4n) is 3.54. The van der Waals surface area contributed by atoms with Crippen LogP contribution in [0.2, 0.25) is 0 Å². The van der Waals surface area contributed by atoms with E-state index in [-0.39, 0.29) is 0 Å². The number of pyridine rings is 1. The van der Waals surface area contributed by atoms with E-state index in [9.17, 15) is 0 Å². The maximum Gasteiger partial charge on any atom is 0.157 e. The van der Waals surface area contributed by atoms with Crippen molar-refractivity contribution in [3.05, 3.63) is 23.5 Å². The highest BCUT2D eigenvalue weighted by atomic mass is 15.3. The highest BCUT2D eigenvalue weighted by Crippen LogP contribution is 2.34. The van der Waals surface area contributed by atoms with Gasteiger partial charge < -0.3 is 5.32 Å². The fourth-order valence-corrected chi connectivity index (χ4v) is 3.54. The predicted octanol–water partition coefficient (Wildman–Crippen LogP) is 3.34. The summed E-state index contributed by atoms with van der Waals surface area (Å²) in [5.41, 5.74) is 3.76. The number of nitrogens with one attached hydrogen (secondary N) is 1. The lowest BCUT2D eigenvalue weighted by Crippen LogP contribution is -2.33. The summed E-state index contributed by atoms with van der Waals surface area (Å²) >= 11 is 0. The first-order valence-corrected chi connectivity index (χ1v) is 8.06. The van der Waals surface area contributed by atoms with Crippen LogP contribution in [0, 0.1) is 12.3 Å². The van der Waals surface area contributed by atoms with Crippen molar-refractivity contribution in [2.75, 3.05) is 6.54 Å². The van der Waals surface area contributed by atoms with Crippen molar-refractivity contribution in [3.63, 3.8) is 0 Å². The normalized spacial score (nSPS) is 18.2. The highest BCUT2D eigenvalue weighted by molar-refractivity contribution is 5.78. The van der Waals surface area contributed by atoms with Gasteiger partial charge in [0.2, 0.25) is 0 Å². The minimum atomic E-state index is 0.486. The summed E-state index contributed by atoms with van der Waals surface area (Å²) in [6, 6.07) is 2.22. The molecule has 1 N–H and O–H groups in total. The Balaban J connectivity index is 1.64. The van der Waals surface area contributed by atoms with E-state index in [2.05, 4.69) is 28.4 Å². The Hall–Kier alpha value is -1.42. The molecule has 3 rings (SSSR count). The maximum atomic E-state index is 4.54. The first-order valence-electron chi connectivity index (χ1n) is 8.06. The Morgan fingerprint density at radius 1 is 1.29 bits per heavy atom. The van der Waals surface area contributed by atoms with E-state index in [1.165, 1.54) is 43.1 Å². The topological polar surface area (TPSA) is 42.7 Å². The molecule has 1 aliphatic rings. The van der Waals surface area contributed by atoms with Crippen LogP contribution in [0.1, 0.15) is 50.3 Å². The summed E-state index contributed by atoms with van der Waals surface area (Å²) in [5.74, 6) is 0. The molecule has 0 aromatic carbocycles. The van der Waals surface area contributed by atoms with Crippen molar-refractivity contribution in [1.29, 1.82) is 0 Å². The molecule has 0 bridgehead atoms. The van der Waals surface area contributed by atoms with Crippen molar-refractivity contribution in [2.24, 2.45) is 12.5 Å². The van der Waals surface area contributed by atoms with Gasteiger partial charge in [0.05, 0.1) is 5.69 Å². The van der Waals surface area contributed by atoms with Gasteiger partial charge in [0, 0.05) is 31.7 Å². The first kappa shape index (κ1) is 14.5. The molecule has 0 saturated heterocycles. The third-order valence-corrected chi connectivity index (χ3v) is 4.86. The van der Waals surface area contributed by atoms with Crippen LogP contribution in [0.5, 0.6) is 0 Å². The van der Waals surface area contributed by atoms with Crippen molar-refractivity contribution < 1.29 is 0 Å². The standard InChI is InChI=1S/C17H26N4/c1-13-15-9-14(11-19-16(15)21(3)20-13)10-18-12-17(2)7-5-4-6-8-17/h9,11,18H,4-8,10,12H2,1-3H3. The van der Waals surface area contributed by atoms with E-state index in [4.69, 9.17) is 0 Å². The molecule has 1 aliphatic carbocycles. The van der Waals surface area contributed by atoms with Gasteiger partial charge in [0.1, 0.15) is 0 Å². The first-order chi connectivity index (χ1) is 10.1. The Morgan fingerprint density at radius 2 is 2.05 bits per heavy atom. The number of rotatable bonds is 4. The fraction of sp³-hybridized carbons (Fsp3) is 0.647. The van der Waals surface area contributed by atoms with Crippen LogP contribution in [-0.4, -0.2) is 21.3 Å². The number of aromatic nitrogens is 3. The Labute approximate surface area is 126 Å². The molecule has 21 heavy (non-hydrogen) atoms. The van der Waals surface area contributed by atoms with Gasteiger partial charge in [0.15, 0.2) is 5.65 Å². The minimum absolute atomic E-state index is 0.486. The summed E-state index contributed by atoms with van der Waals surface area (Å²) in [6.45, 7) is 6.47. The van der Waals surface area contributed by atoms with Crippen LogP contribution in [-0.2, 0) is 13.6 Å². The Morgan fingerprint density at radius 3 is 2.81 bits per heavy atom. The molecular formula is C17H26N4. The molecule has 1 fully saturated rings. The van der Waals surface area contributed by atoms with Gasteiger partial charge in [-0.05, 0) is 36.8 Å². The molecule has 2 aromatic rings. The molecule has 0 aliphatic heterocycles. The second kappa shape index (κ2) is 5.76. The lowest BCUT2D eigenvalue weighted by molar-refractivity contribution is 0.207. The molecule has 0 amide bonds. The quantitative estimate of drug-likeness (QED) is 0.937. The average Bonchev–Trinajstić information content (AvgIpc) is 2.74. The summed E-state index contributed by atoms with van der Waals surface area (Å²) in [6.07, 6.45) is 8.88. The smallest absolute Gasteiger partial charge is 0.157 e. The molecular weight excluding hydrogens is 260 g/mol. The second-order valence-corrected chi connectivity index (χ2v) is 6.90. The summed E-state index contributed by atoms with van der Waals surface area (Å²) in [7, 11) is 1.95.